The minimum absolute atomic E-state index is 0.0805. The summed E-state index contributed by atoms with van der Waals surface area (Å²) in [6.45, 7) is 3.65. The van der Waals surface area contributed by atoms with Crippen LogP contribution in [0.5, 0.6) is 0 Å². The number of carboxylic acid groups (broad SMARTS) is 1. The molecule has 0 saturated heterocycles. The SMILES string of the molecule is Cc1cc(C)c2c(c1)c(=O)sn2CC(=O)O. The minimum Gasteiger partial charge on any atom is -0.480 e. The Kier molecular flexibility index (Phi) is 2.55. The highest BCUT2D eigenvalue weighted by Crippen LogP contribution is 2.20. The monoisotopic (exact) mass is 237 g/mol. The molecule has 0 aliphatic heterocycles. The van der Waals surface area contributed by atoms with Gasteiger partial charge in [-0.1, -0.05) is 6.07 Å². The highest BCUT2D eigenvalue weighted by molar-refractivity contribution is 7.05. The molecule has 2 rings (SSSR count). The molecule has 16 heavy (non-hydrogen) atoms. The number of benzene rings is 1. The van der Waals surface area contributed by atoms with Crippen molar-refractivity contribution in [2.24, 2.45) is 0 Å². The summed E-state index contributed by atoms with van der Waals surface area (Å²) in [5.41, 5.74) is 2.69. The molecular weight excluding hydrogens is 226 g/mol. The zero-order valence-corrected chi connectivity index (χ0v) is 9.80. The fourth-order valence-electron chi connectivity index (χ4n) is 1.88. The van der Waals surface area contributed by atoms with Crippen molar-refractivity contribution in [3.63, 3.8) is 0 Å². The third-order valence-corrected chi connectivity index (χ3v) is 3.30. The van der Waals surface area contributed by atoms with E-state index in [1.54, 1.807) is 6.07 Å². The van der Waals surface area contributed by atoms with Gasteiger partial charge in [0.15, 0.2) is 0 Å². The Labute approximate surface area is 95.9 Å². The number of aromatic nitrogens is 1. The molecule has 0 saturated carbocycles. The highest BCUT2D eigenvalue weighted by Gasteiger charge is 2.12. The predicted molar refractivity (Wildman–Crippen MR) is 63.2 cm³/mol. The number of hydrogen-bond acceptors (Lipinski definition) is 3. The van der Waals surface area contributed by atoms with Crippen molar-refractivity contribution in [1.82, 2.24) is 3.96 Å². The van der Waals surface area contributed by atoms with E-state index in [0.29, 0.717) is 5.39 Å². The van der Waals surface area contributed by atoms with Crippen molar-refractivity contribution >= 4 is 28.4 Å². The molecule has 5 heteroatoms. The molecule has 0 aliphatic carbocycles. The van der Waals surface area contributed by atoms with Crippen molar-refractivity contribution in [2.75, 3.05) is 0 Å². The molecule has 0 spiro atoms. The number of hydrogen-bond donors (Lipinski definition) is 1. The lowest BCUT2D eigenvalue weighted by molar-refractivity contribution is -0.137. The smallest absolute Gasteiger partial charge is 0.324 e. The van der Waals surface area contributed by atoms with E-state index in [-0.39, 0.29) is 11.3 Å². The Bertz CT molecular complexity index is 624. The highest BCUT2D eigenvalue weighted by atomic mass is 32.1. The maximum atomic E-state index is 11.7. The Morgan fingerprint density at radius 2 is 2.12 bits per heavy atom. The number of aryl methyl sites for hydroxylation is 2. The van der Waals surface area contributed by atoms with Crippen LogP contribution in [0.25, 0.3) is 10.9 Å². The quantitative estimate of drug-likeness (QED) is 0.865. The zero-order chi connectivity index (χ0) is 11.9. The van der Waals surface area contributed by atoms with Gasteiger partial charge in [-0.15, -0.1) is 0 Å². The van der Waals surface area contributed by atoms with Crippen LogP contribution >= 0.6 is 11.5 Å². The van der Waals surface area contributed by atoms with Crippen LogP contribution in [-0.4, -0.2) is 15.0 Å². The van der Waals surface area contributed by atoms with Crippen LogP contribution in [0.3, 0.4) is 0 Å². The van der Waals surface area contributed by atoms with Crippen LogP contribution in [-0.2, 0) is 11.3 Å². The first-order valence-electron chi connectivity index (χ1n) is 4.82. The van der Waals surface area contributed by atoms with Gasteiger partial charge in [0, 0.05) is 0 Å². The van der Waals surface area contributed by atoms with Gasteiger partial charge >= 0.3 is 5.97 Å². The van der Waals surface area contributed by atoms with Crippen molar-refractivity contribution < 1.29 is 9.90 Å². The molecule has 2 aromatic rings. The van der Waals surface area contributed by atoms with E-state index in [0.717, 1.165) is 28.2 Å². The summed E-state index contributed by atoms with van der Waals surface area (Å²) in [4.78, 5) is 22.4. The minimum atomic E-state index is -0.937. The summed E-state index contributed by atoms with van der Waals surface area (Å²) in [6, 6.07) is 3.76. The Hall–Kier alpha value is -1.62. The summed E-state index contributed by atoms with van der Waals surface area (Å²) >= 11 is 0.959. The van der Waals surface area contributed by atoms with E-state index in [2.05, 4.69) is 0 Å². The number of fused-ring (bicyclic) bond motifs is 1. The predicted octanol–water partition coefficient (Wildman–Crippen LogP) is 1.76. The molecule has 1 aromatic heterocycles. The van der Waals surface area contributed by atoms with Crippen LogP contribution in [0.1, 0.15) is 11.1 Å². The maximum Gasteiger partial charge on any atom is 0.324 e. The fourth-order valence-corrected chi connectivity index (χ4v) is 2.84. The molecule has 0 radical (unpaired) electrons. The second-order valence-corrected chi connectivity index (χ2v) is 4.78. The molecule has 0 atom stereocenters. The number of carboxylic acids is 1. The van der Waals surface area contributed by atoms with E-state index in [1.165, 1.54) is 3.96 Å². The first kappa shape index (κ1) is 10.9. The van der Waals surface area contributed by atoms with Gasteiger partial charge in [0.2, 0.25) is 0 Å². The van der Waals surface area contributed by atoms with Gasteiger partial charge in [-0.25, -0.2) is 0 Å². The maximum absolute atomic E-state index is 11.7. The number of carbonyl (C=O) groups is 1. The van der Waals surface area contributed by atoms with Crippen molar-refractivity contribution in [2.45, 2.75) is 20.4 Å². The lowest BCUT2D eigenvalue weighted by Crippen LogP contribution is -2.06. The molecule has 1 heterocycles. The number of aliphatic carboxylic acids is 1. The summed E-state index contributed by atoms with van der Waals surface area (Å²) in [5, 5.41) is 9.38. The molecule has 1 aromatic carbocycles. The van der Waals surface area contributed by atoms with Gasteiger partial charge in [0.05, 0.1) is 10.9 Å². The van der Waals surface area contributed by atoms with Gasteiger partial charge in [-0.05, 0) is 42.6 Å². The first-order chi connectivity index (χ1) is 7.49. The van der Waals surface area contributed by atoms with Crippen molar-refractivity contribution in [3.05, 3.63) is 32.8 Å². The van der Waals surface area contributed by atoms with Crippen molar-refractivity contribution in [1.29, 1.82) is 0 Å². The van der Waals surface area contributed by atoms with E-state index >= 15 is 0 Å². The molecule has 0 unspecified atom stereocenters. The largest absolute Gasteiger partial charge is 0.480 e. The molecular formula is C11H11NO3S. The molecule has 4 nitrogen and oxygen atoms in total. The van der Waals surface area contributed by atoms with Crippen molar-refractivity contribution in [3.8, 4) is 0 Å². The van der Waals surface area contributed by atoms with Gasteiger partial charge in [0.1, 0.15) is 6.54 Å². The van der Waals surface area contributed by atoms with Crippen LogP contribution in [0, 0.1) is 13.8 Å². The van der Waals surface area contributed by atoms with Gasteiger partial charge in [-0.3, -0.25) is 13.5 Å². The van der Waals surface area contributed by atoms with Crippen LogP contribution in [0.4, 0.5) is 0 Å². The molecule has 0 bridgehead atoms. The second kappa shape index (κ2) is 3.75. The second-order valence-electron chi connectivity index (χ2n) is 3.79. The summed E-state index contributed by atoms with van der Waals surface area (Å²) < 4.78 is 1.46. The fraction of sp³-hybridized carbons (Fsp3) is 0.273. The number of rotatable bonds is 2. The molecule has 1 N–H and O–H groups in total. The summed E-state index contributed by atoms with van der Waals surface area (Å²) in [6.07, 6.45) is 0. The lowest BCUT2D eigenvalue weighted by atomic mass is 10.1. The van der Waals surface area contributed by atoms with E-state index in [9.17, 15) is 9.59 Å². The molecule has 0 amide bonds. The summed E-state index contributed by atoms with van der Waals surface area (Å²) in [7, 11) is 0. The van der Waals surface area contributed by atoms with E-state index in [4.69, 9.17) is 5.11 Å². The molecule has 84 valence electrons. The topological polar surface area (TPSA) is 59.3 Å². The Morgan fingerprint density at radius 1 is 1.44 bits per heavy atom. The zero-order valence-electron chi connectivity index (χ0n) is 8.98. The standard InChI is InChI=1S/C11H11NO3S/c1-6-3-7(2)10-8(4-6)11(15)16-12(10)5-9(13)14/h3-4H,5H2,1-2H3,(H,13,14). The van der Waals surface area contributed by atoms with E-state index in [1.807, 2.05) is 19.9 Å². The average molecular weight is 237 g/mol. The summed E-state index contributed by atoms with van der Waals surface area (Å²) in [5.74, 6) is -0.937. The number of nitrogens with zero attached hydrogens (tertiary/aromatic N) is 1. The van der Waals surface area contributed by atoms with Gasteiger partial charge in [0.25, 0.3) is 4.74 Å². The third-order valence-electron chi connectivity index (χ3n) is 2.39. The van der Waals surface area contributed by atoms with Crippen LogP contribution in [0.2, 0.25) is 0 Å². The van der Waals surface area contributed by atoms with Crippen LogP contribution in [0.15, 0.2) is 16.9 Å². The average Bonchev–Trinajstić information content (AvgIpc) is 2.42. The van der Waals surface area contributed by atoms with Gasteiger partial charge in [-0.2, -0.15) is 0 Å². The molecule has 0 fully saturated rings. The van der Waals surface area contributed by atoms with Gasteiger partial charge < -0.3 is 5.11 Å². The lowest BCUT2D eigenvalue weighted by Gasteiger charge is -2.03. The molecule has 0 aliphatic rings. The Balaban J connectivity index is 2.78. The Morgan fingerprint density at radius 3 is 2.75 bits per heavy atom. The first-order valence-corrected chi connectivity index (χ1v) is 5.59. The van der Waals surface area contributed by atoms with Crippen LogP contribution < -0.4 is 4.74 Å². The normalized spacial score (nSPS) is 10.9. The third kappa shape index (κ3) is 1.74. The van der Waals surface area contributed by atoms with E-state index < -0.39 is 5.97 Å².